The summed E-state index contributed by atoms with van der Waals surface area (Å²) in [5.41, 5.74) is -1.24. The number of hydrogen-bond donors (Lipinski definition) is 2. The average Bonchev–Trinajstić information content (AvgIpc) is 2.80. The van der Waals surface area contributed by atoms with Crippen molar-refractivity contribution in [2.24, 2.45) is 22.7 Å². The number of esters is 1. The van der Waals surface area contributed by atoms with Gasteiger partial charge in [-0.3, -0.25) is 4.79 Å². The lowest BCUT2D eigenvalue weighted by Crippen LogP contribution is -2.69. The van der Waals surface area contributed by atoms with Crippen molar-refractivity contribution in [2.75, 3.05) is 0 Å². The molecule has 25 heavy (non-hydrogen) atoms. The zero-order valence-corrected chi connectivity index (χ0v) is 15.5. The monoisotopic (exact) mass is 348 g/mol. The molecule has 1 heterocycles. The van der Waals surface area contributed by atoms with Crippen LogP contribution in [-0.4, -0.2) is 39.8 Å². The number of rotatable bonds is 0. The smallest absolute Gasteiger partial charge is 0.334 e. The molecular formula is C20H28O5. The molecule has 5 heteroatoms. The van der Waals surface area contributed by atoms with Gasteiger partial charge in [0.2, 0.25) is 0 Å². The summed E-state index contributed by atoms with van der Waals surface area (Å²) in [5, 5.41) is 22.5. The third-order valence-corrected chi connectivity index (χ3v) is 7.83. The van der Waals surface area contributed by atoms with Gasteiger partial charge in [-0.1, -0.05) is 27.2 Å². The Morgan fingerprint density at radius 1 is 1.12 bits per heavy atom. The van der Waals surface area contributed by atoms with Crippen LogP contribution in [0.25, 0.3) is 0 Å². The maximum absolute atomic E-state index is 13.4. The highest BCUT2D eigenvalue weighted by Gasteiger charge is 2.69. The zero-order valence-electron chi connectivity index (χ0n) is 15.5. The van der Waals surface area contributed by atoms with E-state index in [1.54, 1.807) is 6.92 Å². The summed E-state index contributed by atoms with van der Waals surface area (Å²) in [5.74, 6) is -1.17. The molecule has 0 unspecified atom stereocenters. The predicted octanol–water partition coefficient (Wildman–Crippen LogP) is 2.15. The third-order valence-electron chi connectivity index (χ3n) is 7.83. The lowest BCUT2D eigenvalue weighted by Gasteiger charge is -2.63. The molecule has 6 atom stereocenters. The molecule has 0 aromatic carbocycles. The summed E-state index contributed by atoms with van der Waals surface area (Å²) < 4.78 is 5.30. The fraction of sp³-hybridized carbons (Fsp3) is 0.800. The van der Waals surface area contributed by atoms with Gasteiger partial charge in [0, 0.05) is 11.1 Å². The van der Waals surface area contributed by atoms with Crippen molar-refractivity contribution in [3.63, 3.8) is 0 Å². The van der Waals surface area contributed by atoms with Crippen LogP contribution < -0.4 is 0 Å². The molecule has 4 aliphatic rings. The van der Waals surface area contributed by atoms with Crippen LogP contribution in [0.2, 0.25) is 0 Å². The molecule has 0 radical (unpaired) electrons. The van der Waals surface area contributed by atoms with E-state index in [9.17, 15) is 19.8 Å². The van der Waals surface area contributed by atoms with Gasteiger partial charge in [0.25, 0.3) is 0 Å². The van der Waals surface area contributed by atoms with Gasteiger partial charge in [-0.05, 0) is 49.4 Å². The Morgan fingerprint density at radius 3 is 2.48 bits per heavy atom. The molecule has 4 rings (SSSR count). The van der Waals surface area contributed by atoms with Gasteiger partial charge in [0.15, 0.2) is 11.9 Å². The SMILES string of the molecule is CC1=C2[C@@H](OC1=O)C(=O)[C@H]1[C@]3(C)CCCC(C)(C)[C@H]3CC[C@@]1(O)[C@H]2O. The molecule has 0 aromatic rings. The average molecular weight is 348 g/mol. The van der Waals surface area contributed by atoms with Crippen LogP contribution in [0.15, 0.2) is 11.1 Å². The fourth-order valence-corrected chi connectivity index (χ4v) is 6.74. The van der Waals surface area contributed by atoms with Gasteiger partial charge >= 0.3 is 5.97 Å². The molecule has 5 nitrogen and oxygen atoms in total. The molecule has 1 aliphatic heterocycles. The van der Waals surface area contributed by atoms with Crippen LogP contribution in [0.1, 0.15) is 59.8 Å². The van der Waals surface area contributed by atoms with Gasteiger partial charge in [0.05, 0.1) is 5.92 Å². The second kappa shape index (κ2) is 4.95. The van der Waals surface area contributed by atoms with E-state index >= 15 is 0 Å². The maximum Gasteiger partial charge on any atom is 0.334 e. The summed E-state index contributed by atoms with van der Waals surface area (Å²) >= 11 is 0. The highest BCUT2D eigenvalue weighted by molar-refractivity contribution is 6.02. The molecule has 0 aromatic heterocycles. The van der Waals surface area contributed by atoms with Crippen molar-refractivity contribution < 1.29 is 24.5 Å². The second-order valence-corrected chi connectivity index (χ2v) is 9.53. The minimum atomic E-state index is -1.50. The molecule has 0 spiro atoms. The van der Waals surface area contributed by atoms with Crippen LogP contribution >= 0.6 is 0 Å². The van der Waals surface area contributed by atoms with E-state index in [0.29, 0.717) is 12.3 Å². The van der Waals surface area contributed by atoms with E-state index in [2.05, 4.69) is 20.8 Å². The number of aliphatic hydroxyl groups is 2. The molecule has 3 fully saturated rings. The molecular weight excluding hydrogens is 320 g/mol. The van der Waals surface area contributed by atoms with Gasteiger partial charge in [0.1, 0.15) is 11.7 Å². The summed E-state index contributed by atoms with van der Waals surface area (Å²) in [4.78, 5) is 25.4. The first-order chi connectivity index (χ1) is 11.5. The van der Waals surface area contributed by atoms with Gasteiger partial charge < -0.3 is 14.9 Å². The number of carbonyl (C=O) groups is 2. The number of aliphatic hydroxyl groups excluding tert-OH is 1. The number of hydrogen-bond acceptors (Lipinski definition) is 5. The summed E-state index contributed by atoms with van der Waals surface area (Å²) in [6, 6.07) is 0. The number of ketones is 1. The molecule has 3 aliphatic carbocycles. The van der Waals surface area contributed by atoms with Crippen molar-refractivity contribution in [1.82, 2.24) is 0 Å². The highest BCUT2D eigenvalue weighted by atomic mass is 16.6. The molecule has 3 saturated carbocycles. The van der Waals surface area contributed by atoms with Crippen molar-refractivity contribution in [3.8, 4) is 0 Å². The van der Waals surface area contributed by atoms with Crippen molar-refractivity contribution in [3.05, 3.63) is 11.1 Å². The Balaban J connectivity index is 1.85. The Morgan fingerprint density at radius 2 is 1.80 bits per heavy atom. The Bertz CT molecular complexity index is 692. The Kier molecular flexibility index (Phi) is 3.41. The summed E-state index contributed by atoms with van der Waals surface area (Å²) in [6.45, 7) is 8.15. The van der Waals surface area contributed by atoms with E-state index in [-0.39, 0.29) is 27.8 Å². The van der Waals surface area contributed by atoms with Gasteiger partial charge in [-0.15, -0.1) is 0 Å². The second-order valence-electron chi connectivity index (χ2n) is 9.53. The van der Waals surface area contributed by atoms with E-state index in [1.165, 1.54) is 0 Å². The fourth-order valence-electron chi connectivity index (χ4n) is 6.74. The third kappa shape index (κ3) is 1.97. The number of fused-ring (bicyclic) bond motifs is 4. The molecule has 138 valence electrons. The number of carbonyl (C=O) groups excluding carboxylic acids is 2. The normalized spacial score (nSPS) is 48.6. The van der Waals surface area contributed by atoms with E-state index in [0.717, 1.165) is 25.7 Å². The first-order valence-corrected chi connectivity index (χ1v) is 9.40. The summed E-state index contributed by atoms with van der Waals surface area (Å²) in [6.07, 6.45) is 1.90. The van der Waals surface area contributed by atoms with Crippen LogP contribution in [0.5, 0.6) is 0 Å². The van der Waals surface area contributed by atoms with Crippen molar-refractivity contribution >= 4 is 11.8 Å². The quantitative estimate of drug-likeness (QED) is 0.655. The Labute approximate surface area is 148 Å². The molecule has 0 saturated heterocycles. The predicted molar refractivity (Wildman–Crippen MR) is 90.5 cm³/mol. The zero-order chi connectivity index (χ0) is 18.4. The minimum absolute atomic E-state index is 0.0952. The summed E-state index contributed by atoms with van der Waals surface area (Å²) in [7, 11) is 0. The van der Waals surface area contributed by atoms with Gasteiger partial charge in [-0.25, -0.2) is 4.79 Å². The van der Waals surface area contributed by atoms with Gasteiger partial charge in [-0.2, -0.15) is 0 Å². The van der Waals surface area contributed by atoms with E-state index in [1.807, 2.05) is 0 Å². The maximum atomic E-state index is 13.4. The number of ether oxygens (including phenoxy) is 1. The molecule has 0 bridgehead atoms. The largest absolute Gasteiger partial charge is 0.446 e. The van der Waals surface area contributed by atoms with E-state index < -0.39 is 29.7 Å². The highest BCUT2D eigenvalue weighted by Crippen LogP contribution is 2.65. The van der Waals surface area contributed by atoms with E-state index in [4.69, 9.17) is 4.74 Å². The van der Waals surface area contributed by atoms with Crippen LogP contribution in [-0.2, 0) is 14.3 Å². The number of Topliss-reactive ketones (excluding diaryl/α,β-unsaturated/α-hetero) is 1. The minimum Gasteiger partial charge on any atom is -0.446 e. The lowest BCUT2D eigenvalue weighted by atomic mass is 9.42. The molecule has 0 amide bonds. The Hall–Kier alpha value is -1.20. The first-order valence-electron chi connectivity index (χ1n) is 9.40. The standard InChI is InChI=1S/C20H28O5/c1-10-12-14(25-17(10)23)13(21)15-19(4)8-5-7-18(2,3)11(19)6-9-20(15,24)16(12)22/h11,14-16,22,24H,5-9H2,1-4H3/t11-,14-,15+,16+,19-,20+/m1/s1. The van der Waals surface area contributed by atoms with Crippen LogP contribution in [0.4, 0.5) is 0 Å². The van der Waals surface area contributed by atoms with Crippen molar-refractivity contribution in [1.29, 1.82) is 0 Å². The van der Waals surface area contributed by atoms with Crippen LogP contribution in [0.3, 0.4) is 0 Å². The van der Waals surface area contributed by atoms with Crippen molar-refractivity contribution in [2.45, 2.75) is 77.6 Å². The lowest BCUT2D eigenvalue weighted by molar-refractivity contribution is -0.220. The topological polar surface area (TPSA) is 83.8 Å². The molecule has 2 N–H and O–H groups in total. The van der Waals surface area contributed by atoms with Crippen LogP contribution in [0, 0.1) is 22.7 Å². The first kappa shape index (κ1) is 17.2.